The molecule has 0 aromatic carbocycles. The Hall–Kier alpha value is -2.01. The Labute approximate surface area is 111 Å². The van der Waals surface area contributed by atoms with Gasteiger partial charge in [0, 0.05) is 0 Å². The molecule has 20 heavy (non-hydrogen) atoms. The smallest absolute Gasteiger partial charge is 0.192 e. The van der Waals surface area contributed by atoms with Crippen LogP contribution in [-0.2, 0) is 4.74 Å². The first kappa shape index (κ1) is 13.0. The number of rotatable bonds is 2. The van der Waals surface area contributed by atoms with E-state index in [0.29, 0.717) is 4.73 Å². The fraction of sp³-hybridized carbons (Fsp3) is 0.500. The molecule has 1 saturated heterocycles. The van der Waals surface area contributed by atoms with E-state index in [1.807, 2.05) is 0 Å². The Morgan fingerprint density at radius 3 is 2.75 bits per heavy atom. The van der Waals surface area contributed by atoms with E-state index in [4.69, 9.17) is 15.3 Å². The SMILES string of the molecule is N=c1c2n[nH]c([C@H]3O[C@@H](CO)[C@@H](O)[C@H]3O)c2ncn1O. The van der Waals surface area contributed by atoms with Gasteiger partial charge in [0.25, 0.3) is 0 Å². The summed E-state index contributed by atoms with van der Waals surface area (Å²) < 4.78 is 5.87. The lowest BCUT2D eigenvalue weighted by Gasteiger charge is -2.12. The average Bonchev–Trinajstić information content (AvgIpc) is 2.98. The van der Waals surface area contributed by atoms with Gasteiger partial charge in [0.15, 0.2) is 11.0 Å². The summed E-state index contributed by atoms with van der Waals surface area (Å²) in [5, 5.41) is 52.1. The maximum atomic E-state index is 9.95. The van der Waals surface area contributed by atoms with Crippen LogP contribution in [0.1, 0.15) is 11.8 Å². The summed E-state index contributed by atoms with van der Waals surface area (Å²) in [7, 11) is 0. The second-order valence-corrected chi connectivity index (χ2v) is 4.53. The highest BCUT2D eigenvalue weighted by molar-refractivity contribution is 5.75. The molecule has 1 fully saturated rings. The summed E-state index contributed by atoms with van der Waals surface area (Å²) >= 11 is 0. The maximum Gasteiger partial charge on any atom is 0.192 e. The summed E-state index contributed by atoms with van der Waals surface area (Å²) in [6, 6.07) is 0. The fourth-order valence-electron chi connectivity index (χ4n) is 2.26. The van der Waals surface area contributed by atoms with Gasteiger partial charge < -0.3 is 25.3 Å². The number of H-pyrrole nitrogens is 1. The highest BCUT2D eigenvalue weighted by Gasteiger charge is 2.44. The summed E-state index contributed by atoms with van der Waals surface area (Å²) in [5.41, 5.74) is 0.346. The summed E-state index contributed by atoms with van der Waals surface area (Å²) in [6.07, 6.45) is -3.33. The van der Waals surface area contributed by atoms with E-state index < -0.39 is 31.0 Å². The number of hydrogen-bond donors (Lipinski definition) is 6. The zero-order chi connectivity index (χ0) is 14.4. The normalized spacial score (nSPS) is 30.1. The second kappa shape index (κ2) is 4.52. The minimum Gasteiger partial charge on any atom is -0.425 e. The van der Waals surface area contributed by atoms with Gasteiger partial charge in [0.2, 0.25) is 0 Å². The van der Waals surface area contributed by atoms with Gasteiger partial charge in [-0.3, -0.25) is 10.5 Å². The molecule has 1 aliphatic rings. The van der Waals surface area contributed by atoms with Crippen LogP contribution >= 0.6 is 0 Å². The van der Waals surface area contributed by atoms with E-state index in [9.17, 15) is 15.4 Å². The summed E-state index contributed by atoms with van der Waals surface area (Å²) in [6.45, 7) is -0.436. The van der Waals surface area contributed by atoms with Crippen LogP contribution in [-0.4, -0.2) is 65.4 Å². The van der Waals surface area contributed by atoms with Crippen molar-refractivity contribution in [2.24, 2.45) is 0 Å². The number of nitrogens with one attached hydrogen (secondary N) is 2. The molecule has 10 heteroatoms. The van der Waals surface area contributed by atoms with Crippen molar-refractivity contribution in [3.8, 4) is 0 Å². The van der Waals surface area contributed by atoms with Crippen LogP contribution in [0.15, 0.2) is 6.33 Å². The van der Waals surface area contributed by atoms with E-state index in [0.717, 1.165) is 6.33 Å². The van der Waals surface area contributed by atoms with Gasteiger partial charge in [-0.2, -0.15) is 9.83 Å². The van der Waals surface area contributed by atoms with Crippen LogP contribution in [0.25, 0.3) is 11.0 Å². The highest BCUT2D eigenvalue weighted by atomic mass is 16.6. The average molecular weight is 283 g/mol. The zero-order valence-corrected chi connectivity index (χ0v) is 10.1. The summed E-state index contributed by atoms with van der Waals surface area (Å²) in [4.78, 5) is 3.92. The second-order valence-electron chi connectivity index (χ2n) is 4.53. The number of aliphatic hydroxyl groups is 3. The van der Waals surface area contributed by atoms with Gasteiger partial charge in [-0.25, -0.2) is 4.98 Å². The highest BCUT2D eigenvalue weighted by Crippen LogP contribution is 2.34. The molecule has 6 N–H and O–H groups in total. The molecular weight excluding hydrogens is 270 g/mol. The van der Waals surface area contributed by atoms with Gasteiger partial charge in [0.1, 0.15) is 36.3 Å². The summed E-state index contributed by atoms with van der Waals surface area (Å²) in [5.74, 6) is 0. The lowest BCUT2D eigenvalue weighted by molar-refractivity contribution is -0.0236. The third-order valence-corrected chi connectivity index (χ3v) is 3.34. The molecule has 0 saturated carbocycles. The predicted molar refractivity (Wildman–Crippen MR) is 61.6 cm³/mol. The number of aromatic amines is 1. The van der Waals surface area contributed by atoms with E-state index in [1.54, 1.807) is 0 Å². The molecule has 0 spiro atoms. The molecule has 10 nitrogen and oxygen atoms in total. The Morgan fingerprint density at radius 2 is 2.10 bits per heavy atom. The number of aromatic nitrogens is 4. The van der Waals surface area contributed by atoms with Crippen LogP contribution in [0.2, 0.25) is 0 Å². The third kappa shape index (κ3) is 1.70. The molecule has 0 aliphatic carbocycles. The van der Waals surface area contributed by atoms with Crippen LogP contribution < -0.4 is 5.49 Å². The maximum absolute atomic E-state index is 9.95. The lowest BCUT2D eigenvalue weighted by atomic mass is 10.1. The molecule has 0 bridgehead atoms. The van der Waals surface area contributed by atoms with Crippen molar-refractivity contribution in [3.05, 3.63) is 17.5 Å². The first-order chi connectivity index (χ1) is 9.54. The van der Waals surface area contributed by atoms with Crippen molar-refractivity contribution in [1.29, 1.82) is 5.41 Å². The molecule has 4 atom stereocenters. The van der Waals surface area contributed by atoms with Crippen molar-refractivity contribution in [1.82, 2.24) is 19.9 Å². The van der Waals surface area contributed by atoms with Crippen molar-refractivity contribution < 1.29 is 25.3 Å². The van der Waals surface area contributed by atoms with Crippen molar-refractivity contribution in [2.45, 2.75) is 24.4 Å². The van der Waals surface area contributed by atoms with Gasteiger partial charge in [-0.15, -0.1) is 0 Å². The van der Waals surface area contributed by atoms with Crippen molar-refractivity contribution in [2.75, 3.05) is 6.61 Å². The Bertz CT molecular complexity index is 697. The molecule has 1 aliphatic heterocycles. The lowest BCUT2D eigenvalue weighted by Crippen LogP contribution is -2.32. The largest absolute Gasteiger partial charge is 0.425 e. The minimum absolute atomic E-state index is 0.0998. The molecule has 3 rings (SSSR count). The first-order valence-corrected chi connectivity index (χ1v) is 5.86. The minimum atomic E-state index is -1.26. The molecule has 3 heterocycles. The third-order valence-electron chi connectivity index (χ3n) is 3.34. The molecule has 0 amide bonds. The van der Waals surface area contributed by atoms with E-state index in [2.05, 4.69) is 15.2 Å². The van der Waals surface area contributed by atoms with Crippen LogP contribution in [0.3, 0.4) is 0 Å². The van der Waals surface area contributed by atoms with E-state index >= 15 is 0 Å². The van der Waals surface area contributed by atoms with Crippen LogP contribution in [0.5, 0.6) is 0 Å². The van der Waals surface area contributed by atoms with E-state index in [1.165, 1.54) is 0 Å². The number of ether oxygens (including phenoxy) is 1. The van der Waals surface area contributed by atoms with Crippen molar-refractivity contribution in [3.63, 3.8) is 0 Å². The standard InChI is InChI=1S/C10H13N5O5/c11-10-6-4(12-2-15(10)19)5(13-14-6)9-8(18)7(17)3(1-16)20-9/h2-3,7-9,11,16-19H,1H2,(H,13,14)/t3-,7+,8+,9+/m0/s1. The van der Waals surface area contributed by atoms with Gasteiger partial charge >= 0.3 is 0 Å². The number of aliphatic hydroxyl groups excluding tert-OH is 3. The molecular formula is C10H13N5O5. The Balaban J connectivity index is 2.08. The number of nitrogens with zero attached hydrogens (tertiary/aromatic N) is 3. The van der Waals surface area contributed by atoms with Crippen molar-refractivity contribution >= 4 is 11.0 Å². The molecule has 108 valence electrons. The molecule has 0 radical (unpaired) electrons. The molecule has 2 aromatic rings. The van der Waals surface area contributed by atoms with Gasteiger partial charge in [-0.05, 0) is 0 Å². The Morgan fingerprint density at radius 1 is 1.35 bits per heavy atom. The number of hydrogen-bond acceptors (Lipinski definition) is 8. The quantitative estimate of drug-likeness (QED) is 0.336. The Kier molecular flexibility index (Phi) is 2.94. The number of fused-ring (bicyclic) bond motifs is 1. The molecule has 0 unspecified atom stereocenters. The monoisotopic (exact) mass is 283 g/mol. The molecule has 2 aromatic heterocycles. The van der Waals surface area contributed by atoms with E-state index in [-0.39, 0.29) is 22.2 Å². The van der Waals surface area contributed by atoms with Crippen LogP contribution in [0, 0.1) is 5.41 Å². The van der Waals surface area contributed by atoms with Gasteiger partial charge in [-0.1, -0.05) is 0 Å². The topological polar surface area (TPSA) is 161 Å². The fourth-order valence-corrected chi connectivity index (χ4v) is 2.26. The predicted octanol–water partition coefficient (Wildman–Crippen LogP) is -2.37. The van der Waals surface area contributed by atoms with Gasteiger partial charge in [0.05, 0.1) is 12.3 Å². The zero-order valence-electron chi connectivity index (χ0n) is 10.1. The van der Waals surface area contributed by atoms with Crippen LogP contribution in [0.4, 0.5) is 0 Å². The first-order valence-electron chi connectivity index (χ1n) is 5.86.